The first kappa shape index (κ1) is 120. The van der Waals surface area contributed by atoms with Crippen molar-refractivity contribution in [1.29, 1.82) is 16.2 Å². The molecule has 0 aromatic heterocycles. The van der Waals surface area contributed by atoms with E-state index in [1.165, 1.54) is 136 Å². The predicted molar refractivity (Wildman–Crippen MR) is 539 cm³/mol. The minimum Gasteiger partial charge on any atom is -0.497 e. The molecule has 1 heterocycles. The fourth-order valence-electron chi connectivity index (χ4n) is 12.7. The molecule has 2 rings (SSSR count). The van der Waals surface area contributed by atoms with E-state index in [0.717, 1.165) is 5.56 Å². The molecule has 137 heavy (non-hydrogen) atoms. The second-order valence-corrected chi connectivity index (χ2v) is 37.9. The fraction of sp³-hybridized carbons (Fsp3) is 0.678. The average Bonchev–Trinajstić information content (AvgIpc) is 1.71. The van der Waals surface area contributed by atoms with Crippen LogP contribution in [0.1, 0.15) is 243 Å². The zero-order valence-corrected chi connectivity index (χ0v) is 83.1. The summed E-state index contributed by atoms with van der Waals surface area (Å²) in [5.74, 6) is -18.5. The van der Waals surface area contributed by atoms with Gasteiger partial charge in [0, 0.05) is 32.7 Å². The first-order valence-electron chi connectivity index (χ1n) is 44.8. The van der Waals surface area contributed by atoms with E-state index in [4.69, 9.17) is 16.2 Å². The maximum absolute atomic E-state index is 14.7. The summed E-state index contributed by atoms with van der Waals surface area (Å²) in [6.07, 6.45) is -0.829. The molecule has 0 radical (unpaired) electrons. The molecule has 1 saturated heterocycles. The number of hydrogen-bond donors (Lipinski definition) is 26. The number of hydrogen-bond acceptors (Lipinski definition) is 24. The van der Waals surface area contributed by atoms with Crippen LogP contribution in [0.3, 0.4) is 0 Å². The number of benzene rings is 1. The largest absolute Gasteiger partial charge is 0.497 e. The van der Waals surface area contributed by atoms with E-state index in [9.17, 15) is 122 Å². The standard InChI is InChI=1S/C90H149N23O24/c1-26-47(5)64(73(128)110-90(24,25)82(137)113-41-31-34-57(113)71(126)103-63(46(3)4)72(127)108-89(22,23)81(136)112-86(16,17)77(132)100-55(36-39-59(92)117)69(124)99-54(35-38-58(91)116)68(123)98-53(45-114)42-52-32-29-28-30-33-52)102-62(120)44-95-75(130)83(10,11)109-74(129)65(48(6)27-2)104-79(134)85(14,15)107-70(125)56(37-40-60(93)118)101-78(133)87(18,19)111-80(135)88(20,21)106-67(122)50(8)96-61(119)43-94-66(121)49(7)97-76(131)84(12,13)105-51(9)115/h28-30,32-33,46-50,53-57,63-65,114H,26-27,31,34-45H2,1-25H3,(H2,91,116)(H2,92,117)(H2,93,118)(H,94,121)(H,95,130)(H,96,119)(H,97,131)(H,98,123)(H,99,124)(H,100,132)(H,101,133)(H,102,120)(H,103,126)(H,104,134)(H,105,115)(H,106,122)(H,107,125)(H,108,127)(H,109,129)(H,110,128)(H,111,135)(H,112,136). The van der Waals surface area contributed by atoms with Crippen LogP contribution in [0.5, 0.6) is 0 Å². The maximum atomic E-state index is 14.7. The molecule has 47 nitrogen and oxygen atoms in total. The minimum atomic E-state index is -1.89. The molecule has 12 unspecified atom stereocenters. The first-order valence-corrected chi connectivity index (χ1v) is 44.8. The summed E-state index contributed by atoms with van der Waals surface area (Å²) < 4.78 is 0. The van der Waals surface area contributed by atoms with E-state index in [-0.39, 0.29) is 51.0 Å². The number of aliphatic hydroxyl groups is 23. The van der Waals surface area contributed by atoms with Crippen molar-refractivity contribution < 1.29 is 122 Å². The molecule has 0 aliphatic carbocycles. The van der Waals surface area contributed by atoms with Crippen molar-refractivity contribution in [2.45, 2.75) is 348 Å². The Morgan fingerprint density at radius 3 is 1.20 bits per heavy atom. The summed E-state index contributed by atoms with van der Waals surface area (Å²) in [7, 11) is 0. The summed E-state index contributed by atoms with van der Waals surface area (Å²) in [6.45, 7) is 34.0. The lowest BCUT2D eigenvalue weighted by molar-refractivity contribution is -0.135. The van der Waals surface area contributed by atoms with Crippen molar-refractivity contribution in [2.75, 3.05) is 26.2 Å². The number of aliphatic hydroxyl groups excluding tert-OH is 23. The van der Waals surface area contributed by atoms with Crippen LogP contribution in [0.2, 0.25) is 0 Å². The SMILES string of the molecule is CCC(C)C(N=C(O)CN=C(O)C(C)(C)N=C(O)C(N=C(O)C(C)(C)N=C(O)C(CCC(=N)O)N=C(O)C(C)(C)N=C(O)C(C)(C)N=C(O)C(C)N=C(O)CN=C(O)C(C)N=C(O)C(C)(C)N=C(C)O)C(C)CC)C(O)=NC(C)(C)C(=O)N1CCCC1C(O)=NC(C(O)=NC(C)(C)C(O)=NC(C)(C)C(O)=NC(CCC(=N)O)C(O)=NC(CCC(=N)O)C(O)=NC(CO)Cc1ccccc1)C(C)C. The Balaban J connectivity index is 2.55. The van der Waals surface area contributed by atoms with E-state index >= 15 is 0 Å². The molecule has 1 fully saturated rings. The number of likely N-dealkylation sites (tertiary alicyclic amines) is 1. The van der Waals surface area contributed by atoms with Crippen molar-refractivity contribution in [2.24, 2.45) is 113 Å². The molecule has 0 spiro atoms. The minimum absolute atomic E-state index is 0.0754. The fourth-order valence-corrected chi connectivity index (χ4v) is 12.7. The molecule has 0 saturated carbocycles. The lowest BCUT2D eigenvalue weighted by Gasteiger charge is -2.31. The maximum Gasteiger partial charge on any atom is 0.250 e. The van der Waals surface area contributed by atoms with Gasteiger partial charge in [0.25, 0.3) is 5.91 Å². The van der Waals surface area contributed by atoms with Gasteiger partial charge in [-0.1, -0.05) is 84.7 Å². The molecule has 1 aromatic rings. The van der Waals surface area contributed by atoms with E-state index in [2.05, 4.69) is 94.9 Å². The number of carbonyl (C=O) groups is 1. The van der Waals surface area contributed by atoms with Gasteiger partial charge in [-0.3, -0.25) is 21.0 Å². The van der Waals surface area contributed by atoms with Gasteiger partial charge in [0.1, 0.15) is 112 Å². The second kappa shape index (κ2) is 51.8. The van der Waals surface area contributed by atoms with E-state index in [1.54, 1.807) is 71.9 Å². The number of aliphatic imine (C=N–C) groups is 19. The Hall–Kier alpha value is -13.0. The summed E-state index contributed by atoms with van der Waals surface area (Å²) in [6, 6.07) is -4.07. The van der Waals surface area contributed by atoms with Gasteiger partial charge in [-0.2, -0.15) is 0 Å². The van der Waals surface area contributed by atoms with E-state index in [1.807, 2.05) is 0 Å². The molecule has 12 atom stereocenters. The van der Waals surface area contributed by atoms with Crippen LogP contribution in [0.25, 0.3) is 0 Å². The molecule has 47 heteroatoms. The van der Waals surface area contributed by atoms with Crippen LogP contribution < -0.4 is 0 Å². The monoisotopic (exact) mass is 1940 g/mol. The molecule has 768 valence electrons. The Kier molecular flexibility index (Phi) is 45.4. The Labute approximate surface area is 798 Å². The van der Waals surface area contributed by atoms with Crippen molar-refractivity contribution in [3.8, 4) is 0 Å². The molecule has 1 aromatic carbocycles. The zero-order chi connectivity index (χ0) is 106. The number of carbonyl (C=O) groups excluding carboxylic acids is 1. The summed E-state index contributed by atoms with van der Waals surface area (Å²) in [4.78, 5) is 95.3. The molecular formula is C90H149N23O24. The Bertz CT molecular complexity index is 4910. The Morgan fingerprint density at radius 1 is 0.387 bits per heavy atom. The molecule has 1 aliphatic rings. The van der Waals surface area contributed by atoms with Crippen LogP contribution in [-0.2, 0) is 11.2 Å². The number of nitrogens with zero attached hydrogens (tertiary/aromatic N) is 20. The lowest BCUT2D eigenvalue weighted by atomic mass is 9.97. The Morgan fingerprint density at radius 2 is 0.752 bits per heavy atom. The topological polar surface area (TPSA) is 792 Å². The van der Waals surface area contributed by atoms with Crippen LogP contribution in [0, 0.1) is 34.0 Å². The van der Waals surface area contributed by atoms with Gasteiger partial charge in [0.15, 0.2) is 23.6 Å². The van der Waals surface area contributed by atoms with Gasteiger partial charge in [0.05, 0.1) is 12.6 Å². The highest BCUT2D eigenvalue weighted by Crippen LogP contribution is 2.30. The van der Waals surface area contributed by atoms with Crippen LogP contribution in [0.4, 0.5) is 0 Å². The average molecular weight is 1940 g/mol. The summed E-state index contributed by atoms with van der Waals surface area (Å²) >= 11 is 0. The van der Waals surface area contributed by atoms with Gasteiger partial charge in [-0.05, 0) is 186 Å². The molecule has 26 N–H and O–H groups in total. The number of rotatable bonds is 55. The second-order valence-electron chi connectivity index (χ2n) is 37.9. The molecular weight excluding hydrogens is 1790 g/mol. The van der Waals surface area contributed by atoms with Crippen molar-refractivity contribution in [3.05, 3.63) is 35.9 Å². The van der Waals surface area contributed by atoms with Crippen molar-refractivity contribution >= 4 is 136 Å². The molecule has 0 bridgehead atoms. The van der Waals surface area contributed by atoms with Crippen LogP contribution >= 0.6 is 0 Å². The summed E-state index contributed by atoms with van der Waals surface area (Å²) in [5, 5.41) is 276. The smallest absolute Gasteiger partial charge is 0.250 e. The molecule has 1 aliphatic heterocycles. The van der Waals surface area contributed by atoms with E-state index in [0.29, 0.717) is 19.3 Å². The van der Waals surface area contributed by atoms with Crippen LogP contribution in [-0.4, -0.2) is 389 Å². The van der Waals surface area contributed by atoms with E-state index < -0.39 is 285 Å². The first-order chi connectivity index (χ1) is 62.8. The lowest BCUT2D eigenvalue weighted by Crippen LogP contribution is -2.50. The zero-order valence-electron chi connectivity index (χ0n) is 83.1. The highest BCUT2D eigenvalue weighted by atomic mass is 16.3. The summed E-state index contributed by atoms with van der Waals surface area (Å²) in [5.41, 5.74) is -13.4. The van der Waals surface area contributed by atoms with Gasteiger partial charge in [-0.25, -0.2) is 94.9 Å². The third kappa shape index (κ3) is 38.6. The van der Waals surface area contributed by atoms with Crippen molar-refractivity contribution in [1.82, 2.24) is 4.90 Å². The number of nitrogens with one attached hydrogen (secondary N) is 3. The third-order valence-electron chi connectivity index (χ3n) is 21.7. The highest BCUT2D eigenvalue weighted by molar-refractivity contribution is 6.00. The van der Waals surface area contributed by atoms with Crippen molar-refractivity contribution in [3.63, 3.8) is 0 Å². The predicted octanol–water partition coefficient (Wildman–Crippen LogP) is 13.7. The quantitative estimate of drug-likeness (QED) is 0.0213. The highest BCUT2D eigenvalue weighted by Gasteiger charge is 2.44. The number of amides is 1. The van der Waals surface area contributed by atoms with Gasteiger partial charge < -0.3 is 122 Å². The normalized spacial score (nSPS) is 19.1. The van der Waals surface area contributed by atoms with Gasteiger partial charge in [0.2, 0.25) is 106 Å². The van der Waals surface area contributed by atoms with Gasteiger partial charge >= 0.3 is 0 Å². The molecule has 1 amide bonds. The third-order valence-corrected chi connectivity index (χ3v) is 21.7. The van der Waals surface area contributed by atoms with Gasteiger partial charge in [-0.15, -0.1) is 0 Å². The van der Waals surface area contributed by atoms with Crippen LogP contribution in [0.15, 0.2) is 125 Å².